The van der Waals surface area contributed by atoms with Crippen molar-refractivity contribution in [2.45, 2.75) is 5.63 Å². The van der Waals surface area contributed by atoms with Crippen LogP contribution in [0, 0.1) is 0 Å². The molecule has 0 aliphatic heterocycles. The number of aromatic nitrogens is 1. The quantitative estimate of drug-likeness (QED) is 0.240. The van der Waals surface area contributed by atoms with Crippen LogP contribution in [0.5, 0.6) is 0 Å². The highest BCUT2D eigenvalue weighted by Gasteiger charge is 2.13. The minimum atomic E-state index is -2.12. The van der Waals surface area contributed by atoms with Crippen molar-refractivity contribution in [1.82, 2.24) is 4.98 Å². The van der Waals surface area contributed by atoms with Crippen LogP contribution in [-0.2, 0) is 4.79 Å². The van der Waals surface area contributed by atoms with E-state index in [-0.39, 0.29) is 17.2 Å². The summed E-state index contributed by atoms with van der Waals surface area (Å²) in [4.78, 5) is 14.6. The highest BCUT2D eigenvalue weighted by atomic mass is 35.5. The number of nitrogens with two attached hydrogens (primary N) is 1. The highest BCUT2D eigenvalue weighted by Crippen LogP contribution is 2.08. The zero-order valence-electron chi connectivity index (χ0n) is 7.89. The van der Waals surface area contributed by atoms with Crippen LogP contribution in [0.2, 0.25) is 0 Å². The molecule has 1 unspecified atom stereocenters. The molecule has 1 aromatic rings. The summed E-state index contributed by atoms with van der Waals surface area (Å²) < 4.78 is 12.3. The van der Waals surface area contributed by atoms with Gasteiger partial charge in [-0.05, 0) is 12.1 Å². The van der Waals surface area contributed by atoms with Gasteiger partial charge < -0.3 is 16.3 Å². The van der Waals surface area contributed by atoms with Crippen molar-refractivity contribution in [2.24, 2.45) is 10.9 Å². The molecule has 1 atom stereocenters. The molecular weight excluding hydrogens is 239 g/mol. The average molecular weight is 247 g/mol. The van der Waals surface area contributed by atoms with Crippen LogP contribution >= 0.6 is 11.6 Å². The van der Waals surface area contributed by atoms with Crippen molar-refractivity contribution in [3.8, 4) is 0 Å². The number of nitrogens with one attached hydrogen (secondary N) is 1. The monoisotopic (exact) mass is 246 g/mol. The van der Waals surface area contributed by atoms with E-state index in [1.54, 1.807) is 0 Å². The van der Waals surface area contributed by atoms with Crippen molar-refractivity contribution in [1.29, 1.82) is 0 Å². The number of anilines is 1. The largest absolute Gasteiger partial charge is 0.409 e. The van der Waals surface area contributed by atoms with Crippen LogP contribution in [0.15, 0.2) is 23.5 Å². The van der Waals surface area contributed by atoms with Crippen molar-refractivity contribution < 1.29 is 14.4 Å². The summed E-state index contributed by atoms with van der Waals surface area (Å²) in [6.07, 6.45) is 1.23. The Kier molecular flexibility index (Phi) is 4.01. The molecule has 4 N–H and O–H groups in total. The first-order valence-electron chi connectivity index (χ1n) is 4.07. The van der Waals surface area contributed by atoms with Gasteiger partial charge in [0.25, 0.3) is 11.5 Å². The number of alkyl halides is 2. The van der Waals surface area contributed by atoms with Crippen LogP contribution in [-0.4, -0.2) is 27.6 Å². The van der Waals surface area contributed by atoms with Crippen molar-refractivity contribution in [2.75, 3.05) is 5.32 Å². The van der Waals surface area contributed by atoms with Crippen molar-refractivity contribution >= 4 is 29.0 Å². The molecular formula is C8H8ClFN4O2. The van der Waals surface area contributed by atoms with Gasteiger partial charge in [0.2, 0.25) is 0 Å². The lowest BCUT2D eigenvalue weighted by Gasteiger charge is -2.04. The van der Waals surface area contributed by atoms with E-state index in [1.165, 1.54) is 18.3 Å². The smallest absolute Gasteiger partial charge is 0.274 e. The molecule has 0 bridgehead atoms. The number of rotatable bonds is 3. The second kappa shape index (κ2) is 5.26. The first-order chi connectivity index (χ1) is 7.54. The maximum absolute atomic E-state index is 12.3. The first kappa shape index (κ1) is 12.2. The zero-order chi connectivity index (χ0) is 12.1. The standard InChI is InChI=1S/C8H8ClFN4O2/c9-6(10)8(15)13-4-1-2-5(12-3-4)7(11)14-16/h1-3,6,16H,(H2,11,14)(H,13,15). The van der Waals surface area contributed by atoms with Gasteiger partial charge in [0.1, 0.15) is 5.69 Å². The normalized spacial score (nSPS) is 13.2. The van der Waals surface area contributed by atoms with Gasteiger partial charge in [0, 0.05) is 0 Å². The summed E-state index contributed by atoms with van der Waals surface area (Å²) in [5.41, 5.74) is 3.62. The molecule has 0 aliphatic carbocycles. The SMILES string of the molecule is NC(=NO)c1ccc(NC(=O)C(F)Cl)cn1. The molecule has 0 aromatic carbocycles. The Hall–Kier alpha value is -1.89. The van der Waals surface area contributed by atoms with Gasteiger partial charge in [-0.2, -0.15) is 0 Å². The number of amides is 1. The van der Waals surface area contributed by atoms with Crippen LogP contribution in [0.3, 0.4) is 0 Å². The maximum Gasteiger partial charge on any atom is 0.274 e. The Morgan fingerprint density at radius 1 is 1.69 bits per heavy atom. The number of carbonyl (C=O) groups is 1. The first-order valence-corrected chi connectivity index (χ1v) is 4.51. The molecule has 0 spiro atoms. The van der Waals surface area contributed by atoms with Crippen molar-refractivity contribution in [3.63, 3.8) is 0 Å². The van der Waals surface area contributed by atoms with Crippen LogP contribution in [0.1, 0.15) is 5.69 Å². The van der Waals surface area contributed by atoms with Crippen LogP contribution in [0.4, 0.5) is 10.1 Å². The maximum atomic E-state index is 12.3. The highest BCUT2D eigenvalue weighted by molar-refractivity contribution is 6.31. The molecule has 1 amide bonds. The zero-order valence-corrected chi connectivity index (χ0v) is 8.65. The Morgan fingerprint density at radius 2 is 2.38 bits per heavy atom. The van der Waals surface area contributed by atoms with E-state index in [2.05, 4.69) is 15.5 Å². The second-order valence-corrected chi connectivity index (χ2v) is 3.09. The Bertz CT molecular complexity index is 407. The van der Waals surface area contributed by atoms with Gasteiger partial charge in [-0.1, -0.05) is 16.8 Å². The molecule has 0 saturated heterocycles. The number of hydrogen-bond donors (Lipinski definition) is 3. The van der Waals surface area contributed by atoms with E-state index in [0.717, 1.165) is 0 Å². The number of amidine groups is 1. The molecule has 1 rings (SSSR count). The van der Waals surface area contributed by atoms with E-state index >= 15 is 0 Å². The summed E-state index contributed by atoms with van der Waals surface area (Å²) in [6, 6.07) is 2.81. The number of carbonyl (C=O) groups excluding carboxylic acids is 1. The van der Waals surface area contributed by atoms with E-state index in [0.29, 0.717) is 0 Å². The number of oxime groups is 1. The summed E-state index contributed by atoms with van der Waals surface area (Å²) in [5.74, 6) is -1.15. The van der Waals surface area contributed by atoms with Gasteiger partial charge in [-0.15, -0.1) is 0 Å². The van der Waals surface area contributed by atoms with Gasteiger partial charge in [-0.3, -0.25) is 9.78 Å². The minimum absolute atomic E-state index is 0.168. The lowest BCUT2D eigenvalue weighted by molar-refractivity contribution is -0.118. The van der Waals surface area contributed by atoms with Crippen molar-refractivity contribution in [3.05, 3.63) is 24.0 Å². The molecule has 16 heavy (non-hydrogen) atoms. The fourth-order valence-corrected chi connectivity index (χ4v) is 0.922. The molecule has 1 heterocycles. The number of nitrogens with zero attached hydrogens (tertiary/aromatic N) is 2. The van der Waals surface area contributed by atoms with Gasteiger partial charge in [0.15, 0.2) is 5.84 Å². The third-order valence-corrected chi connectivity index (χ3v) is 1.80. The molecule has 1 aromatic heterocycles. The molecule has 0 aliphatic rings. The van der Waals surface area contributed by atoms with E-state index < -0.39 is 11.5 Å². The molecule has 0 fully saturated rings. The number of halogens is 2. The predicted molar refractivity (Wildman–Crippen MR) is 56.1 cm³/mol. The summed E-state index contributed by atoms with van der Waals surface area (Å²) in [7, 11) is 0. The Balaban J connectivity index is 2.76. The van der Waals surface area contributed by atoms with Gasteiger partial charge in [-0.25, -0.2) is 4.39 Å². The third kappa shape index (κ3) is 3.06. The Labute approximate surface area is 94.9 Å². The molecule has 0 radical (unpaired) electrons. The van der Waals surface area contributed by atoms with Crippen LogP contribution in [0.25, 0.3) is 0 Å². The topological polar surface area (TPSA) is 101 Å². The lowest BCUT2D eigenvalue weighted by atomic mass is 10.3. The fraction of sp³-hybridized carbons (Fsp3) is 0.125. The number of pyridine rings is 1. The predicted octanol–water partition coefficient (Wildman–Crippen LogP) is 0.649. The van der Waals surface area contributed by atoms with E-state index in [1.807, 2.05) is 0 Å². The van der Waals surface area contributed by atoms with Gasteiger partial charge >= 0.3 is 0 Å². The van der Waals surface area contributed by atoms with E-state index in [4.69, 9.17) is 22.5 Å². The van der Waals surface area contributed by atoms with Crippen LogP contribution < -0.4 is 11.1 Å². The third-order valence-electron chi connectivity index (χ3n) is 1.60. The lowest BCUT2D eigenvalue weighted by Crippen LogP contribution is -2.20. The second-order valence-electron chi connectivity index (χ2n) is 2.71. The Morgan fingerprint density at radius 3 is 2.81 bits per heavy atom. The number of hydrogen-bond acceptors (Lipinski definition) is 4. The summed E-state index contributed by atoms with van der Waals surface area (Å²) >= 11 is 4.91. The summed E-state index contributed by atoms with van der Waals surface area (Å²) in [6.45, 7) is 0. The van der Waals surface area contributed by atoms with Gasteiger partial charge in [0.05, 0.1) is 11.9 Å². The fourth-order valence-electron chi connectivity index (χ4n) is 0.867. The minimum Gasteiger partial charge on any atom is -0.409 e. The van der Waals surface area contributed by atoms with E-state index in [9.17, 15) is 9.18 Å². The molecule has 6 nitrogen and oxygen atoms in total. The molecule has 8 heteroatoms. The molecule has 86 valence electrons. The molecule has 0 saturated carbocycles. The summed E-state index contributed by atoms with van der Waals surface area (Å²) in [5, 5.41) is 13.3. The average Bonchev–Trinajstić information content (AvgIpc) is 2.28.